The van der Waals surface area contributed by atoms with Crippen LogP contribution in [0.5, 0.6) is 0 Å². The van der Waals surface area contributed by atoms with Gasteiger partial charge in [-0.1, -0.05) is 0 Å². The largest absolute Gasteiger partial charge is 0.394 e. The minimum atomic E-state index is -1.47. The van der Waals surface area contributed by atoms with Crippen molar-refractivity contribution in [3.05, 3.63) is 0 Å². The van der Waals surface area contributed by atoms with Gasteiger partial charge in [-0.05, 0) is 0 Å². The fourth-order valence-electron chi connectivity index (χ4n) is 1.35. The third-order valence-corrected chi connectivity index (χ3v) is 2.27. The number of nitrogens with two attached hydrogens (primary N) is 1. The van der Waals surface area contributed by atoms with Crippen molar-refractivity contribution in [3.63, 3.8) is 0 Å². The molecule has 0 unspecified atom stereocenters. The van der Waals surface area contributed by atoms with Gasteiger partial charge in [-0.15, -0.1) is 0 Å². The molecular formula is C7H15NO6. The number of hydrogen-bond donors (Lipinski definition) is 6. The Labute approximate surface area is 80.3 Å². The van der Waals surface area contributed by atoms with Crippen molar-refractivity contribution in [2.75, 3.05) is 6.61 Å². The van der Waals surface area contributed by atoms with Crippen LogP contribution in [0.15, 0.2) is 0 Å². The highest BCUT2D eigenvalue weighted by atomic mass is 16.6. The molecule has 0 radical (unpaired) electrons. The maximum absolute atomic E-state index is 9.39. The zero-order valence-corrected chi connectivity index (χ0v) is 7.39. The molecule has 0 saturated carbocycles. The summed E-state index contributed by atoms with van der Waals surface area (Å²) < 4.78 is 4.74. The van der Waals surface area contributed by atoms with E-state index in [1.807, 2.05) is 0 Å². The van der Waals surface area contributed by atoms with Gasteiger partial charge in [0.25, 0.3) is 0 Å². The van der Waals surface area contributed by atoms with Crippen molar-refractivity contribution < 1.29 is 30.3 Å². The van der Waals surface area contributed by atoms with Crippen molar-refractivity contribution in [3.8, 4) is 0 Å². The van der Waals surface area contributed by atoms with Gasteiger partial charge in [-0.3, -0.25) is 0 Å². The molecule has 0 amide bonds. The number of aliphatic hydroxyl groups excluding tert-OH is 5. The van der Waals surface area contributed by atoms with Gasteiger partial charge in [0.2, 0.25) is 0 Å². The molecule has 0 aromatic heterocycles. The van der Waals surface area contributed by atoms with Crippen LogP contribution in [0.4, 0.5) is 0 Å². The topological polar surface area (TPSA) is 136 Å². The molecule has 6 atom stereocenters. The van der Waals surface area contributed by atoms with Crippen LogP contribution in [0.2, 0.25) is 0 Å². The summed E-state index contributed by atoms with van der Waals surface area (Å²) >= 11 is 0. The SMILES string of the molecule is N[C@H]1[C@H](O)[C@@H](O)[C@H]([C@H](O)CO)O[C@H]1O. The van der Waals surface area contributed by atoms with Crippen LogP contribution < -0.4 is 5.73 Å². The first-order valence-electron chi connectivity index (χ1n) is 4.23. The van der Waals surface area contributed by atoms with Crippen LogP contribution in [0.25, 0.3) is 0 Å². The first-order chi connectivity index (χ1) is 6.49. The minimum absolute atomic E-state index is 0.642. The summed E-state index contributed by atoms with van der Waals surface area (Å²) in [4.78, 5) is 0. The van der Waals surface area contributed by atoms with Crippen molar-refractivity contribution in [2.45, 2.75) is 36.7 Å². The predicted molar refractivity (Wildman–Crippen MR) is 44.0 cm³/mol. The van der Waals surface area contributed by atoms with Crippen LogP contribution in [0, 0.1) is 0 Å². The van der Waals surface area contributed by atoms with Crippen molar-refractivity contribution >= 4 is 0 Å². The maximum atomic E-state index is 9.39. The second kappa shape index (κ2) is 4.49. The van der Waals surface area contributed by atoms with Gasteiger partial charge in [-0.2, -0.15) is 0 Å². The Morgan fingerprint density at radius 3 is 2.29 bits per heavy atom. The van der Waals surface area contributed by atoms with Gasteiger partial charge in [0.15, 0.2) is 6.29 Å². The number of ether oxygens (including phenoxy) is 1. The fourth-order valence-corrected chi connectivity index (χ4v) is 1.35. The van der Waals surface area contributed by atoms with E-state index in [1.54, 1.807) is 0 Å². The van der Waals surface area contributed by atoms with Crippen LogP contribution in [0.1, 0.15) is 0 Å². The normalized spacial score (nSPS) is 46.3. The van der Waals surface area contributed by atoms with Gasteiger partial charge in [0.1, 0.15) is 24.4 Å². The minimum Gasteiger partial charge on any atom is -0.394 e. The summed E-state index contributed by atoms with van der Waals surface area (Å²) in [5, 5.41) is 45.7. The molecule has 1 saturated heterocycles. The number of rotatable bonds is 2. The van der Waals surface area contributed by atoms with Gasteiger partial charge in [-0.25, -0.2) is 0 Å². The first-order valence-corrected chi connectivity index (χ1v) is 4.23. The predicted octanol–water partition coefficient (Wildman–Crippen LogP) is -3.89. The lowest BCUT2D eigenvalue weighted by molar-refractivity contribution is -0.264. The Bertz CT molecular complexity index is 191. The zero-order chi connectivity index (χ0) is 10.9. The lowest BCUT2D eigenvalue weighted by Crippen LogP contribution is -2.63. The molecule has 1 heterocycles. The summed E-state index contributed by atoms with van der Waals surface area (Å²) in [6.07, 6.45) is -6.92. The summed E-state index contributed by atoms with van der Waals surface area (Å²) in [5.41, 5.74) is 5.29. The number of aliphatic hydroxyl groups is 5. The third kappa shape index (κ3) is 2.04. The highest BCUT2D eigenvalue weighted by Crippen LogP contribution is 2.20. The summed E-state index contributed by atoms with van der Waals surface area (Å²) in [5.74, 6) is 0. The van der Waals surface area contributed by atoms with E-state index in [4.69, 9.17) is 20.7 Å². The Morgan fingerprint density at radius 1 is 1.21 bits per heavy atom. The average molecular weight is 209 g/mol. The lowest BCUT2D eigenvalue weighted by Gasteiger charge is -2.40. The highest BCUT2D eigenvalue weighted by Gasteiger charge is 2.44. The average Bonchev–Trinajstić information content (AvgIpc) is 2.19. The third-order valence-electron chi connectivity index (χ3n) is 2.27. The van der Waals surface area contributed by atoms with Gasteiger partial charge >= 0.3 is 0 Å². The molecule has 0 spiro atoms. The molecule has 7 N–H and O–H groups in total. The highest BCUT2D eigenvalue weighted by molar-refractivity contribution is 4.93. The van der Waals surface area contributed by atoms with Crippen LogP contribution in [-0.2, 0) is 4.74 Å². The van der Waals surface area contributed by atoms with Crippen molar-refractivity contribution in [1.82, 2.24) is 0 Å². The molecule has 1 aliphatic rings. The molecule has 7 nitrogen and oxygen atoms in total. The molecule has 84 valence electrons. The molecule has 0 aromatic carbocycles. The fraction of sp³-hybridized carbons (Fsp3) is 1.00. The Kier molecular flexibility index (Phi) is 3.78. The van der Waals surface area contributed by atoms with E-state index in [2.05, 4.69) is 0 Å². The molecule has 1 fully saturated rings. The molecule has 0 aromatic rings. The smallest absolute Gasteiger partial charge is 0.173 e. The molecule has 1 rings (SSSR count). The lowest BCUT2D eigenvalue weighted by atomic mass is 9.94. The second-order valence-corrected chi connectivity index (χ2v) is 3.30. The maximum Gasteiger partial charge on any atom is 0.173 e. The Morgan fingerprint density at radius 2 is 1.79 bits per heavy atom. The van der Waals surface area contributed by atoms with Crippen LogP contribution >= 0.6 is 0 Å². The van der Waals surface area contributed by atoms with E-state index in [0.717, 1.165) is 0 Å². The molecule has 14 heavy (non-hydrogen) atoms. The second-order valence-electron chi connectivity index (χ2n) is 3.30. The summed E-state index contributed by atoms with van der Waals surface area (Å²) in [6.45, 7) is -0.642. The van der Waals surface area contributed by atoms with E-state index < -0.39 is 43.4 Å². The van der Waals surface area contributed by atoms with Crippen LogP contribution in [0.3, 0.4) is 0 Å². The Hall–Kier alpha value is -0.280. The summed E-state index contributed by atoms with van der Waals surface area (Å²) in [7, 11) is 0. The van der Waals surface area contributed by atoms with Gasteiger partial charge in [0.05, 0.1) is 12.6 Å². The monoisotopic (exact) mass is 209 g/mol. The first kappa shape index (κ1) is 11.8. The Balaban J connectivity index is 2.70. The standard InChI is InChI=1S/C7H15NO6/c8-3-4(11)5(12)6(2(10)1-9)14-7(3)13/h2-7,9-13H,1,8H2/t2-,3+,4+,5-,6+,7-/m1/s1. The molecule has 0 aliphatic carbocycles. The van der Waals surface area contributed by atoms with Gasteiger partial charge < -0.3 is 36.0 Å². The van der Waals surface area contributed by atoms with Crippen molar-refractivity contribution in [1.29, 1.82) is 0 Å². The van der Waals surface area contributed by atoms with E-state index in [-0.39, 0.29) is 0 Å². The van der Waals surface area contributed by atoms with E-state index in [0.29, 0.717) is 0 Å². The molecule has 1 aliphatic heterocycles. The molecular weight excluding hydrogens is 194 g/mol. The van der Waals surface area contributed by atoms with Gasteiger partial charge in [0, 0.05) is 0 Å². The zero-order valence-electron chi connectivity index (χ0n) is 7.39. The molecule has 0 bridgehead atoms. The summed E-state index contributed by atoms with van der Waals surface area (Å²) in [6, 6.07) is -1.13. The van der Waals surface area contributed by atoms with Crippen LogP contribution in [-0.4, -0.2) is 68.9 Å². The van der Waals surface area contributed by atoms with E-state index in [9.17, 15) is 15.3 Å². The van der Waals surface area contributed by atoms with Crippen molar-refractivity contribution in [2.24, 2.45) is 5.73 Å². The molecule has 7 heteroatoms. The number of hydrogen-bond acceptors (Lipinski definition) is 7. The van der Waals surface area contributed by atoms with E-state index >= 15 is 0 Å². The quantitative estimate of drug-likeness (QED) is 0.273. The van der Waals surface area contributed by atoms with E-state index in [1.165, 1.54) is 0 Å².